The molecule has 0 aliphatic rings. The van der Waals surface area contributed by atoms with Crippen molar-refractivity contribution in [3.05, 3.63) is 24.0 Å². The van der Waals surface area contributed by atoms with Gasteiger partial charge in [0.15, 0.2) is 0 Å². The number of primary amides is 1. The van der Waals surface area contributed by atoms with Crippen LogP contribution in [0.5, 0.6) is 0 Å². The average Bonchev–Trinajstić information content (AvgIpc) is 2.18. The zero-order valence-electron chi connectivity index (χ0n) is 8.29. The minimum Gasteiger partial charge on any atom is -0.395 e. The van der Waals surface area contributed by atoms with E-state index in [-0.39, 0.29) is 11.6 Å². The fourth-order valence-electron chi connectivity index (χ4n) is 1.18. The Morgan fingerprint density at radius 1 is 1.47 bits per heavy atom. The monoisotopic (exact) mass is 211 g/mol. The zero-order valence-corrected chi connectivity index (χ0v) is 8.29. The van der Waals surface area contributed by atoms with Gasteiger partial charge in [-0.3, -0.25) is 4.79 Å². The molecule has 1 rings (SSSR count). The molecular formula is C10H14FN3O. The molecule has 4 nitrogen and oxygen atoms in total. The zero-order chi connectivity index (χ0) is 11.3. The highest BCUT2D eigenvalue weighted by atomic mass is 19.1. The van der Waals surface area contributed by atoms with E-state index in [4.69, 9.17) is 11.5 Å². The van der Waals surface area contributed by atoms with Crippen LogP contribution in [0.15, 0.2) is 18.2 Å². The van der Waals surface area contributed by atoms with Gasteiger partial charge in [0, 0.05) is 13.0 Å². The summed E-state index contributed by atoms with van der Waals surface area (Å²) in [6.07, 6.45) is 0.910. The van der Waals surface area contributed by atoms with Crippen LogP contribution in [0.1, 0.15) is 12.8 Å². The number of nitrogens with two attached hydrogens (primary N) is 2. The van der Waals surface area contributed by atoms with Crippen LogP contribution in [0.25, 0.3) is 0 Å². The summed E-state index contributed by atoms with van der Waals surface area (Å²) in [5.41, 5.74) is 11.1. The van der Waals surface area contributed by atoms with Gasteiger partial charge in [0.05, 0.1) is 11.4 Å². The molecule has 0 heterocycles. The predicted octanol–water partition coefficient (Wildman–Crippen LogP) is 1.09. The number of nitrogen functional groups attached to an aromatic ring is 1. The normalized spacial score (nSPS) is 9.93. The Morgan fingerprint density at radius 3 is 2.87 bits per heavy atom. The maximum absolute atomic E-state index is 13.0. The van der Waals surface area contributed by atoms with E-state index in [0.717, 1.165) is 0 Å². The first-order valence-corrected chi connectivity index (χ1v) is 4.67. The molecule has 1 amide bonds. The Hall–Kier alpha value is -1.78. The second-order valence-corrected chi connectivity index (χ2v) is 3.20. The van der Waals surface area contributed by atoms with Gasteiger partial charge in [0.1, 0.15) is 5.82 Å². The van der Waals surface area contributed by atoms with Gasteiger partial charge in [-0.15, -0.1) is 0 Å². The number of halogens is 1. The van der Waals surface area contributed by atoms with Crippen molar-refractivity contribution in [3.8, 4) is 0 Å². The summed E-state index contributed by atoms with van der Waals surface area (Å²) in [6, 6.07) is 4.55. The van der Waals surface area contributed by atoms with E-state index >= 15 is 0 Å². The van der Waals surface area contributed by atoms with Crippen LogP contribution >= 0.6 is 0 Å². The standard InChI is InChI=1S/C10H14FN3O/c11-7-3-1-4-8(10(7)13)14-6-2-5-9(12)15/h1,3-4,14H,2,5-6,13H2,(H2,12,15). The Labute approximate surface area is 87.4 Å². The van der Waals surface area contributed by atoms with Crippen LogP contribution in [-0.4, -0.2) is 12.5 Å². The van der Waals surface area contributed by atoms with Crippen molar-refractivity contribution in [2.75, 3.05) is 17.6 Å². The van der Waals surface area contributed by atoms with Crippen LogP contribution in [0.3, 0.4) is 0 Å². The Bertz CT molecular complexity index is 355. The smallest absolute Gasteiger partial charge is 0.217 e. The summed E-state index contributed by atoms with van der Waals surface area (Å²) in [7, 11) is 0. The summed E-state index contributed by atoms with van der Waals surface area (Å²) in [6.45, 7) is 0.538. The molecule has 0 atom stereocenters. The number of para-hydroxylation sites is 1. The number of nitrogens with one attached hydrogen (secondary N) is 1. The third kappa shape index (κ3) is 3.46. The minimum absolute atomic E-state index is 0.0941. The molecule has 15 heavy (non-hydrogen) atoms. The molecule has 5 N–H and O–H groups in total. The number of hydrogen-bond donors (Lipinski definition) is 3. The highest BCUT2D eigenvalue weighted by Crippen LogP contribution is 2.20. The first-order chi connectivity index (χ1) is 7.11. The van der Waals surface area contributed by atoms with Gasteiger partial charge in [-0.1, -0.05) is 6.07 Å². The highest BCUT2D eigenvalue weighted by molar-refractivity contribution is 5.73. The molecule has 1 aromatic carbocycles. The first kappa shape index (κ1) is 11.3. The second kappa shape index (κ2) is 5.19. The number of anilines is 2. The molecule has 0 aliphatic heterocycles. The molecule has 0 aromatic heterocycles. The Kier molecular flexibility index (Phi) is 3.91. The summed E-state index contributed by atoms with van der Waals surface area (Å²) >= 11 is 0. The van der Waals surface area contributed by atoms with E-state index in [2.05, 4.69) is 5.32 Å². The Morgan fingerprint density at radius 2 is 2.20 bits per heavy atom. The summed E-state index contributed by atoms with van der Waals surface area (Å²) < 4.78 is 13.0. The third-order valence-corrected chi connectivity index (χ3v) is 1.97. The maximum atomic E-state index is 13.0. The number of rotatable bonds is 5. The van der Waals surface area contributed by atoms with Crippen molar-refractivity contribution >= 4 is 17.3 Å². The van der Waals surface area contributed by atoms with Gasteiger partial charge in [0.25, 0.3) is 0 Å². The SMILES string of the molecule is NC(=O)CCCNc1cccc(F)c1N. The maximum Gasteiger partial charge on any atom is 0.217 e. The minimum atomic E-state index is -0.449. The van der Waals surface area contributed by atoms with Gasteiger partial charge >= 0.3 is 0 Å². The van der Waals surface area contributed by atoms with Crippen LogP contribution in [0, 0.1) is 5.82 Å². The van der Waals surface area contributed by atoms with Crippen molar-refractivity contribution in [3.63, 3.8) is 0 Å². The Balaban J connectivity index is 2.44. The van der Waals surface area contributed by atoms with Crippen LogP contribution in [0.2, 0.25) is 0 Å². The van der Waals surface area contributed by atoms with E-state index in [0.29, 0.717) is 25.1 Å². The number of hydrogen-bond acceptors (Lipinski definition) is 3. The van der Waals surface area contributed by atoms with Crippen molar-refractivity contribution in [1.29, 1.82) is 0 Å². The highest BCUT2D eigenvalue weighted by Gasteiger charge is 2.03. The molecule has 1 aromatic rings. The molecule has 0 fully saturated rings. The number of carbonyl (C=O) groups is 1. The first-order valence-electron chi connectivity index (χ1n) is 4.67. The molecule has 0 saturated heterocycles. The average molecular weight is 211 g/mol. The quantitative estimate of drug-likeness (QED) is 0.503. The van der Waals surface area contributed by atoms with Crippen LogP contribution < -0.4 is 16.8 Å². The van der Waals surface area contributed by atoms with E-state index in [1.165, 1.54) is 6.07 Å². The van der Waals surface area contributed by atoms with Crippen LogP contribution in [0.4, 0.5) is 15.8 Å². The summed E-state index contributed by atoms with van der Waals surface area (Å²) in [4.78, 5) is 10.4. The molecule has 0 spiro atoms. The summed E-state index contributed by atoms with van der Waals surface area (Å²) in [5.74, 6) is -0.793. The largest absolute Gasteiger partial charge is 0.395 e. The van der Waals surface area contributed by atoms with Gasteiger partial charge in [0.2, 0.25) is 5.91 Å². The lowest BCUT2D eigenvalue weighted by Crippen LogP contribution is -2.13. The molecule has 0 saturated carbocycles. The lowest BCUT2D eigenvalue weighted by Gasteiger charge is -2.08. The fourth-order valence-corrected chi connectivity index (χ4v) is 1.18. The van der Waals surface area contributed by atoms with E-state index in [9.17, 15) is 9.18 Å². The number of amides is 1. The molecular weight excluding hydrogens is 197 g/mol. The van der Waals surface area contributed by atoms with Gasteiger partial charge in [-0.05, 0) is 18.6 Å². The van der Waals surface area contributed by atoms with Crippen LogP contribution in [-0.2, 0) is 4.79 Å². The lowest BCUT2D eigenvalue weighted by atomic mass is 10.2. The van der Waals surface area contributed by atoms with E-state index in [1.54, 1.807) is 12.1 Å². The topological polar surface area (TPSA) is 81.1 Å². The van der Waals surface area contributed by atoms with Crippen molar-refractivity contribution in [2.45, 2.75) is 12.8 Å². The molecule has 0 radical (unpaired) electrons. The van der Waals surface area contributed by atoms with E-state index in [1.807, 2.05) is 0 Å². The van der Waals surface area contributed by atoms with Gasteiger partial charge < -0.3 is 16.8 Å². The predicted molar refractivity (Wildman–Crippen MR) is 57.7 cm³/mol. The second-order valence-electron chi connectivity index (χ2n) is 3.20. The number of carbonyl (C=O) groups excluding carboxylic acids is 1. The lowest BCUT2D eigenvalue weighted by molar-refractivity contribution is -0.118. The third-order valence-electron chi connectivity index (χ3n) is 1.97. The van der Waals surface area contributed by atoms with Crippen molar-refractivity contribution in [2.24, 2.45) is 5.73 Å². The fraction of sp³-hybridized carbons (Fsp3) is 0.300. The molecule has 0 aliphatic carbocycles. The van der Waals surface area contributed by atoms with Crippen molar-refractivity contribution < 1.29 is 9.18 Å². The van der Waals surface area contributed by atoms with Crippen molar-refractivity contribution in [1.82, 2.24) is 0 Å². The molecule has 0 bridgehead atoms. The number of benzene rings is 1. The molecule has 82 valence electrons. The molecule has 5 heteroatoms. The molecule has 0 unspecified atom stereocenters. The van der Waals surface area contributed by atoms with E-state index < -0.39 is 5.82 Å². The van der Waals surface area contributed by atoms with Gasteiger partial charge in [-0.25, -0.2) is 4.39 Å². The van der Waals surface area contributed by atoms with Gasteiger partial charge in [-0.2, -0.15) is 0 Å². The summed E-state index contributed by atoms with van der Waals surface area (Å²) in [5, 5.41) is 2.94.